The molecule has 7 nitrogen and oxygen atoms in total. The van der Waals surface area contributed by atoms with Gasteiger partial charge in [0.25, 0.3) is 5.91 Å². The highest BCUT2D eigenvalue weighted by Gasteiger charge is 2.45. The van der Waals surface area contributed by atoms with Crippen molar-refractivity contribution < 1.29 is 9.53 Å². The third-order valence-electron chi connectivity index (χ3n) is 6.19. The molecule has 0 radical (unpaired) electrons. The lowest BCUT2D eigenvalue weighted by Crippen LogP contribution is -2.49. The zero-order valence-electron chi connectivity index (χ0n) is 17.5. The van der Waals surface area contributed by atoms with Gasteiger partial charge in [-0.2, -0.15) is 5.10 Å². The van der Waals surface area contributed by atoms with Crippen molar-refractivity contribution in [2.75, 3.05) is 32.1 Å². The summed E-state index contributed by atoms with van der Waals surface area (Å²) >= 11 is 0. The van der Waals surface area contributed by atoms with Crippen LogP contribution in [0.5, 0.6) is 5.75 Å². The highest BCUT2D eigenvalue weighted by atomic mass is 16.5. The second-order valence-corrected chi connectivity index (χ2v) is 8.21. The number of carbonyl (C=O) groups excluding carboxylic acids is 1. The summed E-state index contributed by atoms with van der Waals surface area (Å²) in [6, 6.07) is 11.7. The molecular weight excluding hydrogens is 378 g/mol. The fourth-order valence-electron chi connectivity index (χ4n) is 4.53. The molecule has 1 saturated heterocycles. The minimum absolute atomic E-state index is 0.0398. The van der Waals surface area contributed by atoms with Crippen LogP contribution >= 0.6 is 0 Å². The number of rotatable bonds is 2. The van der Waals surface area contributed by atoms with E-state index in [-0.39, 0.29) is 5.91 Å². The number of hydrogen-bond donors (Lipinski definition) is 0. The predicted octanol–water partition coefficient (Wildman–Crippen LogP) is 3.07. The van der Waals surface area contributed by atoms with E-state index in [4.69, 9.17) is 4.74 Å². The lowest BCUT2D eigenvalue weighted by Gasteiger charge is -2.44. The molecule has 3 aromatic rings. The lowest BCUT2D eigenvalue weighted by atomic mass is 9.81. The van der Waals surface area contributed by atoms with Gasteiger partial charge in [0.05, 0.1) is 11.9 Å². The highest BCUT2D eigenvalue weighted by Crippen LogP contribution is 2.49. The van der Waals surface area contributed by atoms with Crippen molar-refractivity contribution >= 4 is 11.7 Å². The number of carbonyl (C=O) groups is 1. The summed E-state index contributed by atoms with van der Waals surface area (Å²) in [6.07, 6.45) is 5.08. The van der Waals surface area contributed by atoms with Gasteiger partial charge in [0, 0.05) is 70.0 Å². The summed E-state index contributed by atoms with van der Waals surface area (Å²) in [5.41, 5.74) is 3.53. The molecule has 0 atom stereocenters. The Morgan fingerprint density at radius 3 is 2.70 bits per heavy atom. The number of piperidine rings is 1. The number of para-hydroxylation sites is 1. The zero-order chi connectivity index (χ0) is 20.9. The Kier molecular flexibility index (Phi) is 4.27. The van der Waals surface area contributed by atoms with Crippen molar-refractivity contribution in [3.63, 3.8) is 0 Å². The first-order valence-corrected chi connectivity index (χ1v) is 10.2. The van der Waals surface area contributed by atoms with Crippen molar-refractivity contribution in [1.29, 1.82) is 0 Å². The largest absolute Gasteiger partial charge is 0.482 e. The first-order valence-electron chi connectivity index (χ1n) is 10.2. The number of hydrogen-bond acceptors (Lipinski definition) is 5. The Bertz CT molecular complexity index is 1110. The summed E-state index contributed by atoms with van der Waals surface area (Å²) in [5.74, 6) is 1.71. The van der Waals surface area contributed by atoms with E-state index in [0.717, 1.165) is 41.2 Å². The van der Waals surface area contributed by atoms with Crippen molar-refractivity contribution in [2.45, 2.75) is 18.4 Å². The van der Waals surface area contributed by atoms with Crippen LogP contribution in [0.1, 0.15) is 28.8 Å². The topological polar surface area (TPSA) is 63.5 Å². The van der Waals surface area contributed by atoms with Gasteiger partial charge in [0.15, 0.2) is 0 Å². The number of fused-ring (bicyclic) bond motifs is 4. The SMILES string of the molecule is CN(C)c1cc(C(=O)N2CCC3(CC2)Oc2ccccc2-c2c3cnn2C)ccn1. The summed E-state index contributed by atoms with van der Waals surface area (Å²) in [6.45, 7) is 1.27. The molecule has 4 heterocycles. The van der Waals surface area contributed by atoms with Crippen LogP contribution in [0.25, 0.3) is 11.3 Å². The number of ether oxygens (including phenoxy) is 1. The first kappa shape index (κ1) is 18.7. The first-order chi connectivity index (χ1) is 14.5. The summed E-state index contributed by atoms with van der Waals surface area (Å²) in [4.78, 5) is 21.2. The van der Waals surface area contributed by atoms with Crippen LogP contribution < -0.4 is 9.64 Å². The van der Waals surface area contributed by atoms with Crippen LogP contribution in [0.4, 0.5) is 5.82 Å². The van der Waals surface area contributed by atoms with Crippen LogP contribution in [-0.4, -0.2) is 52.8 Å². The van der Waals surface area contributed by atoms with Gasteiger partial charge in [-0.1, -0.05) is 12.1 Å². The van der Waals surface area contributed by atoms with E-state index < -0.39 is 5.60 Å². The number of pyridine rings is 1. The van der Waals surface area contributed by atoms with E-state index in [1.165, 1.54) is 0 Å². The Labute approximate surface area is 175 Å². The van der Waals surface area contributed by atoms with Crippen molar-refractivity contribution in [3.8, 4) is 17.0 Å². The highest BCUT2D eigenvalue weighted by molar-refractivity contribution is 5.95. The maximum Gasteiger partial charge on any atom is 0.254 e. The molecule has 1 spiro atoms. The van der Waals surface area contributed by atoms with Gasteiger partial charge in [-0.05, 0) is 24.3 Å². The fourth-order valence-corrected chi connectivity index (χ4v) is 4.53. The monoisotopic (exact) mass is 403 g/mol. The van der Waals surface area contributed by atoms with Gasteiger partial charge < -0.3 is 14.5 Å². The van der Waals surface area contributed by atoms with Crippen LogP contribution in [0.2, 0.25) is 0 Å². The van der Waals surface area contributed by atoms with Gasteiger partial charge >= 0.3 is 0 Å². The second-order valence-electron chi connectivity index (χ2n) is 8.21. The third-order valence-corrected chi connectivity index (χ3v) is 6.19. The van der Waals surface area contributed by atoms with Gasteiger partial charge in [-0.3, -0.25) is 9.48 Å². The minimum Gasteiger partial charge on any atom is -0.482 e. The number of aryl methyl sites for hydroxylation is 1. The molecule has 7 heteroatoms. The van der Waals surface area contributed by atoms with Crippen LogP contribution in [0.3, 0.4) is 0 Å². The fraction of sp³-hybridized carbons (Fsp3) is 0.348. The number of aromatic nitrogens is 3. The molecule has 1 amide bonds. The molecule has 2 aliphatic rings. The second kappa shape index (κ2) is 6.86. The van der Waals surface area contributed by atoms with E-state index in [1.807, 2.05) is 66.1 Å². The molecule has 0 saturated carbocycles. The van der Waals surface area contributed by atoms with Gasteiger partial charge in [0.2, 0.25) is 0 Å². The molecule has 154 valence electrons. The molecule has 2 aromatic heterocycles. The molecule has 30 heavy (non-hydrogen) atoms. The average Bonchev–Trinajstić information content (AvgIpc) is 3.17. The Morgan fingerprint density at radius 1 is 1.17 bits per heavy atom. The molecule has 2 aliphatic heterocycles. The van der Waals surface area contributed by atoms with Crippen LogP contribution in [0.15, 0.2) is 48.8 Å². The lowest BCUT2D eigenvalue weighted by molar-refractivity contribution is -0.00172. The normalized spacial score (nSPS) is 16.6. The zero-order valence-corrected chi connectivity index (χ0v) is 17.5. The van der Waals surface area contributed by atoms with E-state index in [1.54, 1.807) is 12.3 Å². The molecular formula is C23H25N5O2. The maximum absolute atomic E-state index is 13.1. The van der Waals surface area contributed by atoms with Gasteiger partial charge in [-0.15, -0.1) is 0 Å². The van der Waals surface area contributed by atoms with Crippen molar-refractivity contribution in [3.05, 3.63) is 59.9 Å². The van der Waals surface area contributed by atoms with E-state index in [0.29, 0.717) is 18.7 Å². The predicted molar refractivity (Wildman–Crippen MR) is 115 cm³/mol. The molecule has 0 aliphatic carbocycles. The number of amides is 1. The number of benzene rings is 1. The van der Waals surface area contributed by atoms with E-state index in [2.05, 4.69) is 16.1 Å². The number of likely N-dealkylation sites (tertiary alicyclic amines) is 1. The molecule has 0 N–H and O–H groups in total. The summed E-state index contributed by atoms with van der Waals surface area (Å²) < 4.78 is 8.50. The van der Waals surface area contributed by atoms with Gasteiger partial charge in [-0.25, -0.2) is 4.98 Å². The van der Waals surface area contributed by atoms with Crippen LogP contribution in [-0.2, 0) is 12.6 Å². The minimum atomic E-state index is -0.443. The molecule has 0 bridgehead atoms. The maximum atomic E-state index is 13.1. The van der Waals surface area contributed by atoms with E-state index in [9.17, 15) is 4.79 Å². The molecule has 1 aromatic carbocycles. The standard InChI is InChI=1S/C23H25N5O2/c1-26(2)20-14-16(8-11-24-20)22(29)28-12-9-23(10-13-28)18-15-25-27(3)21(18)17-6-4-5-7-19(17)30-23/h4-8,11,14-15H,9-10,12-13H2,1-3H3. The third kappa shape index (κ3) is 2.84. The van der Waals surface area contributed by atoms with Gasteiger partial charge in [0.1, 0.15) is 17.2 Å². The van der Waals surface area contributed by atoms with Crippen molar-refractivity contribution in [1.82, 2.24) is 19.7 Å². The summed E-state index contributed by atoms with van der Waals surface area (Å²) in [7, 11) is 5.81. The quantitative estimate of drug-likeness (QED) is 0.658. The Morgan fingerprint density at radius 2 is 1.93 bits per heavy atom. The number of nitrogens with zero attached hydrogens (tertiary/aromatic N) is 5. The summed E-state index contributed by atoms with van der Waals surface area (Å²) in [5, 5.41) is 4.52. The van der Waals surface area contributed by atoms with Crippen LogP contribution in [0, 0.1) is 0 Å². The molecule has 1 fully saturated rings. The van der Waals surface area contributed by atoms with E-state index >= 15 is 0 Å². The van der Waals surface area contributed by atoms with Crippen molar-refractivity contribution in [2.24, 2.45) is 7.05 Å². The molecule has 0 unspecified atom stereocenters. The molecule has 5 rings (SSSR count). The smallest absolute Gasteiger partial charge is 0.254 e. The Hall–Kier alpha value is -3.35. The average molecular weight is 403 g/mol. The number of anilines is 1. The Balaban J connectivity index is 1.41.